The number of anilines is 1. The lowest BCUT2D eigenvalue weighted by atomic mass is 10.5. The molecule has 0 spiro atoms. The van der Waals surface area contributed by atoms with Gasteiger partial charge in [0, 0.05) is 0 Å². The Balaban J connectivity index is 2.86. The van der Waals surface area contributed by atoms with Gasteiger partial charge in [-0.2, -0.15) is 10.2 Å². The molecule has 0 bridgehead atoms. The van der Waals surface area contributed by atoms with E-state index in [4.69, 9.17) is 24.5 Å². The van der Waals surface area contributed by atoms with Gasteiger partial charge < -0.3 is 19.2 Å². The van der Waals surface area contributed by atoms with Crippen molar-refractivity contribution in [2.45, 2.75) is 20.0 Å². The molecule has 1 aromatic heterocycles. The number of nitriles is 1. The van der Waals surface area contributed by atoms with Crippen molar-refractivity contribution in [3.63, 3.8) is 0 Å². The third kappa shape index (κ3) is 3.56. The van der Waals surface area contributed by atoms with E-state index in [0.717, 1.165) is 0 Å². The van der Waals surface area contributed by atoms with Gasteiger partial charge in [0.1, 0.15) is 12.2 Å². The maximum atomic E-state index is 12.1. The molecule has 0 atom stereocenters. The monoisotopic (exact) mass is 259 g/mol. The minimum absolute atomic E-state index is 0.0282. The van der Waals surface area contributed by atoms with E-state index in [-0.39, 0.29) is 36.8 Å². The molecule has 0 amide bonds. The molecule has 0 aliphatic rings. The Morgan fingerprint density at radius 3 is 2.47 bits per heavy atom. The summed E-state index contributed by atoms with van der Waals surface area (Å²) in [4.78, 5) is 3.79. The Labute approximate surface area is 99.1 Å². The first-order valence-corrected chi connectivity index (χ1v) is 6.80. The number of nitrogen functional groups attached to an aromatic ring is 1. The molecule has 0 radical (unpaired) electrons. The molecule has 0 saturated carbocycles. The molecule has 1 heterocycles. The molecule has 0 aliphatic carbocycles. The van der Waals surface area contributed by atoms with Gasteiger partial charge in [0.15, 0.2) is 0 Å². The van der Waals surface area contributed by atoms with Gasteiger partial charge in [-0.15, -0.1) is 0 Å². The Bertz CT molecular complexity index is 455. The van der Waals surface area contributed by atoms with Crippen LogP contribution in [-0.2, 0) is 19.8 Å². The molecule has 17 heavy (non-hydrogen) atoms. The van der Waals surface area contributed by atoms with Crippen LogP contribution in [0.25, 0.3) is 0 Å². The number of hydrogen-bond acceptors (Lipinski definition) is 7. The molecular weight excluding hydrogens is 245 g/mol. The summed E-state index contributed by atoms with van der Waals surface area (Å²) in [6.45, 7) is 3.91. The van der Waals surface area contributed by atoms with Crippen LogP contribution in [-0.4, -0.2) is 18.2 Å². The summed E-state index contributed by atoms with van der Waals surface area (Å²) in [5.41, 5.74) is 5.37. The molecule has 0 saturated heterocycles. The maximum absolute atomic E-state index is 12.1. The summed E-state index contributed by atoms with van der Waals surface area (Å²) < 4.78 is 27.3. The minimum atomic E-state index is -3.28. The zero-order valence-electron chi connectivity index (χ0n) is 9.67. The fraction of sp³-hybridized carbons (Fsp3) is 0.556. The third-order valence-corrected chi connectivity index (χ3v) is 3.75. The maximum Gasteiger partial charge on any atom is 0.339 e. The first kappa shape index (κ1) is 13.7. The summed E-state index contributed by atoms with van der Waals surface area (Å²) in [5, 5.41) is 8.65. The number of nitrogens with two attached hydrogens (primary N) is 1. The molecule has 8 heteroatoms. The second kappa shape index (κ2) is 5.82. The SMILES string of the molecule is CCOP(=O)(Cc1nc(C#N)c(N)o1)OCC. The largest absolute Gasteiger partial charge is 0.423 e. The van der Waals surface area contributed by atoms with Crippen molar-refractivity contribution >= 4 is 13.5 Å². The quantitative estimate of drug-likeness (QED) is 0.776. The summed E-state index contributed by atoms with van der Waals surface area (Å²) in [5.74, 6) is -0.0219. The fourth-order valence-corrected chi connectivity index (χ4v) is 2.72. The van der Waals surface area contributed by atoms with Crippen LogP contribution in [0.15, 0.2) is 4.42 Å². The minimum Gasteiger partial charge on any atom is -0.423 e. The van der Waals surface area contributed by atoms with Gasteiger partial charge in [-0.3, -0.25) is 4.57 Å². The van der Waals surface area contributed by atoms with Gasteiger partial charge in [-0.1, -0.05) is 0 Å². The van der Waals surface area contributed by atoms with Crippen LogP contribution in [0.3, 0.4) is 0 Å². The van der Waals surface area contributed by atoms with Crippen molar-refractivity contribution in [1.82, 2.24) is 4.98 Å². The number of aromatic nitrogens is 1. The number of nitrogens with zero attached hydrogens (tertiary/aromatic N) is 2. The van der Waals surface area contributed by atoms with Crippen LogP contribution in [0.1, 0.15) is 25.4 Å². The Morgan fingerprint density at radius 2 is 2.06 bits per heavy atom. The van der Waals surface area contributed by atoms with Crippen LogP contribution in [0.4, 0.5) is 5.88 Å². The van der Waals surface area contributed by atoms with Gasteiger partial charge in [-0.25, -0.2) is 0 Å². The molecule has 1 aromatic rings. The number of oxazole rings is 1. The average Bonchev–Trinajstić information content (AvgIpc) is 2.58. The lowest BCUT2D eigenvalue weighted by molar-refractivity contribution is 0.217. The first-order chi connectivity index (χ1) is 8.04. The van der Waals surface area contributed by atoms with Crippen LogP contribution in [0.2, 0.25) is 0 Å². The molecule has 1 rings (SSSR count). The van der Waals surface area contributed by atoms with Crippen LogP contribution in [0.5, 0.6) is 0 Å². The Kier molecular flexibility index (Phi) is 4.70. The highest BCUT2D eigenvalue weighted by molar-refractivity contribution is 7.52. The van der Waals surface area contributed by atoms with Gasteiger partial charge in [-0.05, 0) is 13.8 Å². The lowest BCUT2D eigenvalue weighted by Gasteiger charge is -2.14. The van der Waals surface area contributed by atoms with Gasteiger partial charge >= 0.3 is 7.60 Å². The summed E-state index contributed by atoms with van der Waals surface area (Å²) >= 11 is 0. The fourth-order valence-electron chi connectivity index (χ4n) is 1.21. The second-order valence-electron chi connectivity index (χ2n) is 3.04. The van der Waals surface area contributed by atoms with E-state index in [9.17, 15) is 4.57 Å². The van der Waals surface area contributed by atoms with Crippen molar-refractivity contribution < 1.29 is 18.0 Å². The Morgan fingerprint density at radius 1 is 1.47 bits per heavy atom. The van der Waals surface area contributed by atoms with Crippen LogP contribution < -0.4 is 5.73 Å². The molecule has 2 N–H and O–H groups in total. The molecule has 0 aromatic carbocycles. The first-order valence-electron chi connectivity index (χ1n) is 5.08. The summed E-state index contributed by atoms with van der Waals surface area (Å²) in [7, 11) is -3.28. The van der Waals surface area contributed by atoms with Crippen molar-refractivity contribution in [1.29, 1.82) is 5.26 Å². The van der Waals surface area contributed by atoms with Crippen LogP contribution in [0, 0.1) is 11.3 Å². The van der Waals surface area contributed by atoms with E-state index in [2.05, 4.69) is 4.98 Å². The van der Waals surface area contributed by atoms with Gasteiger partial charge in [0.05, 0.1) is 13.2 Å². The summed E-state index contributed by atoms with van der Waals surface area (Å²) in [6, 6.07) is 1.76. The highest BCUT2D eigenvalue weighted by Gasteiger charge is 2.27. The topological polar surface area (TPSA) is 111 Å². The normalized spacial score (nSPS) is 11.4. The number of rotatable bonds is 6. The number of hydrogen-bond donors (Lipinski definition) is 1. The molecule has 0 fully saturated rings. The van der Waals surface area contributed by atoms with E-state index in [0.29, 0.717) is 0 Å². The predicted octanol–water partition coefficient (Wildman–Crippen LogP) is 1.89. The Hall–Kier alpha value is -1.35. The average molecular weight is 259 g/mol. The second-order valence-corrected chi connectivity index (χ2v) is 5.09. The predicted molar refractivity (Wildman–Crippen MR) is 60.2 cm³/mol. The van der Waals surface area contributed by atoms with Crippen molar-refractivity contribution in [3.05, 3.63) is 11.6 Å². The molecule has 7 nitrogen and oxygen atoms in total. The van der Waals surface area contributed by atoms with E-state index >= 15 is 0 Å². The molecule has 0 unspecified atom stereocenters. The zero-order chi connectivity index (χ0) is 12.9. The highest BCUT2D eigenvalue weighted by Crippen LogP contribution is 2.51. The van der Waals surface area contributed by atoms with E-state index < -0.39 is 7.60 Å². The zero-order valence-corrected chi connectivity index (χ0v) is 10.6. The molecule has 0 aliphatic heterocycles. The van der Waals surface area contributed by atoms with Crippen molar-refractivity contribution in [3.8, 4) is 6.07 Å². The van der Waals surface area contributed by atoms with E-state index in [1.54, 1.807) is 19.9 Å². The standard InChI is InChI=1S/C9H14N3O4P/c1-3-14-17(13,15-4-2)6-8-12-7(5-10)9(11)16-8/h3-4,6,11H2,1-2H3. The van der Waals surface area contributed by atoms with Crippen LogP contribution >= 0.6 is 7.60 Å². The van der Waals surface area contributed by atoms with E-state index in [1.807, 2.05) is 0 Å². The van der Waals surface area contributed by atoms with Crippen molar-refractivity contribution in [2.24, 2.45) is 0 Å². The lowest BCUT2D eigenvalue weighted by Crippen LogP contribution is -1.99. The smallest absolute Gasteiger partial charge is 0.339 e. The van der Waals surface area contributed by atoms with Crippen molar-refractivity contribution in [2.75, 3.05) is 18.9 Å². The molecular formula is C9H14N3O4P. The molecule has 94 valence electrons. The van der Waals surface area contributed by atoms with Gasteiger partial charge in [0.2, 0.25) is 17.5 Å². The highest BCUT2D eigenvalue weighted by atomic mass is 31.2. The third-order valence-electron chi connectivity index (χ3n) is 1.78. The summed E-state index contributed by atoms with van der Waals surface area (Å²) in [6.07, 6.45) is -0.138. The van der Waals surface area contributed by atoms with E-state index in [1.165, 1.54) is 0 Å². The van der Waals surface area contributed by atoms with Gasteiger partial charge in [0.25, 0.3) is 0 Å².